The molecule has 0 bridgehead atoms. The van der Waals surface area contributed by atoms with E-state index in [1.54, 1.807) is 0 Å². The van der Waals surface area contributed by atoms with Crippen LogP contribution in [0.5, 0.6) is 0 Å². The molecule has 0 radical (unpaired) electrons. The molecule has 1 rings (SSSR count). The molecule has 0 aliphatic heterocycles. The third-order valence-corrected chi connectivity index (χ3v) is 4.64. The Balaban J connectivity index is 2.30. The molecule has 1 fully saturated rings. The summed E-state index contributed by atoms with van der Waals surface area (Å²) < 4.78 is 26.3. The minimum atomic E-state index is -3.11. The van der Waals surface area contributed by atoms with Crippen molar-refractivity contribution in [1.29, 1.82) is 0 Å². The standard InChI is InChI=1S/C12H26N2O2S/c1-12(2,3)6-7-17(15,16)14-9-10-4-5-11(13)8-10/h10-11,14H,4-9,13H2,1-3H3. The first kappa shape index (κ1) is 14.9. The van der Waals surface area contributed by atoms with Gasteiger partial charge in [0.2, 0.25) is 10.0 Å². The van der Waals surface area contributed by atoms with Crippen molar-refractivity contribution in [2.45, 2.75) is 52.5 Å². The molecule has 1 saturated carbocycles. The number of nitrogens with two attached hydrogens (primary N) is 1. The highest BCUT2D eigenvalue weighted by molar-refractivity contribution is 7.89. The summed E-state index contributed by atoms with van der Waals surface area (Å²) in [6.07, 6.45) is 3.70. The predicted molar refractivity (Wildman–Crippen MR) is 71.2 cm³/mol. The maximum Gasteiger partial charge on any atom is 0.211 e. The highest BCUT2D eigenvalue weighted by Gasteiger charge is 2.24. The van der Waals surface area contributed by atoms with E-state index < -0.39 is 10.0 Å². The molecule has 0 spiro atoms. The number of hydrogen-bond donors (Lipinski definition) is 2. The lowest BCUT2D eigenvalue weighted by atomic mass is 9.94. The lowest BCUT2D eigenvalue weighted by Gasteiger charge is -2.18. The summed E-state index contributed by atoms with van der Waals surface area (Å²) >= 11 is 0. The lowest BCUT2D eigenvalue weighted by molar-refractivity contribution is 0.395. The van der Waals surface area contributed by atoms with Gasteiger partial charge >= 0.3 is 0 Å². The van der Waals surface area contributed by atoms with Crippen molar-refractivity contribution in [3.63, 3.8) is 0 Å². The normalized spacial score (nSPS) is 26.4. The molecular formula is C12H26N2O2S. The number of hydrogen-bond acceptors (Lipinski definition) is 3. The maximum atomic E-state index is 11.8. The zero-order chi connectivity index (χ0) is 13.1. The Morgan fingerprint density at radius 2 is 1.94 bits per heavy atom. The second kappa shape index (κ2) is 5.67. The molecule has 0 aromatic heterocycles. The van der Waals surface area contributed by atoms with Gasteiger partial charge < -0.3 is 5.73 Å². The highest BCUT2D eigenvalue weighted by atomic mass is 32.2. The molecule has 0 aromatic rings. The second-order valence-corrected chi connectivity index (χ2v) is 8.34. The van der Waals surface area contributed by atoms with Crippen LogP contribution in [0.4, 0.5) is 0 Å². The van der Waals surface area contributed by atoms with Gasteiger partial charge in [-0.15, -0.1) is 0 Å². The molecule has 1 aliphatic carbocycles. The van der Waals surface area contributed by atoms with Crippen LogP contribution in [-0.2, 0) is 10.0 Å². The fourth-order valence-electron chi connectivity index (χ4n) is 2.06. The average molecular weight is 262 g/mol. The number of nitrogens with one attached hydrogen (secondary N) is 1. The molecule has 0 heterocycles. The van der Waals surface area contributed by atoms with Crippen molar-refractivity contribution >= 4 is 10.0 Å². The highest BCUT2D eigenvalue weighted by Crippen LogP contribution is 2.23. The van der Waals surface area contributed by atoms with Crippen molar-refractivity contribution in [2.24, 2.45) is 17.1 Å². The Bertz CT molecular complexity index is 333. The average Bonchev–Trinajstić information content (AvgIpc) is 2.58. The number of rotatable bonds is 5. The van der Waals surface area contributed by atoms with Crippen LogP contribution in [-0.4, -0.2) is 26.8 Å². The molecule has 2 unspecified atom stereocenters. The van der Waals surface area contributed by atoms with Crippen LogP contribution < -0.4 is 10.5 Å². The van der Waals surface area contributed by atoms with Crippen LogP contribution in [0.3, 0.4) is 0 Å². The van der Waals surface area contributed by atoms with Crippen LogP contribution >= 0.6 is 0 Å². The van der Waals surface area contributed by atoms with Gasteiger partial charge in [-0.25, -0.2) is 13.1 Å². The molecule has 4 nitrogen and oxygen atoms in total. The molecular weight excluding hydrogens is 236 g/mol. The van der Waals surface area contributed by atoms with E-state index in [4.69, 9.17) is 5.73 Å². The van der Waals surface area contributed by atoms with Crippen molar-refractivity contribution in [2.75, 3.05) is 12.3 Å². The monoisotopic (exact) mass is 262 g/mol. The summed E-state index contributed by atoms with van der Waals surface area (Å²) in [5.74, 6) is 0.643. The van der Waals surface area contributed by atoms with Crippen LogP contribution in [0, 0.1) is 11.3 Å². The second-order valence-electron chi connectivity index (χ2n) is 6.42. The van der Waals surface area contributed by atoms with Gasteiger partial charge in [-0.2, -0.15) is 0 Å². The minimum Gasteiger partial charge on any atom is -0.328 e. The van der Waals surface area contributed by atoms with Crippen molar-refractivity contribution in [3.8, 4) is 0 Å². The van der Waals surface area contributed by atoms with Gasteiger partial charge in [0, 0.05) is 12.6 Å². The van der Waals surface area contributed by atoms with E-state index in [-0.39, 0.29) is 17.2 Å². The van der Waals surface area contributed by atoms with E-state index in [0.29, 0.717) is 18.9 Å². The largest absolute Gasteiger partial charge is 0.328 e. The Labute approximate surface area is 105 Å². The fraction of sp³-hybridized carbons (Fsp3) is 1.00. The van der Waals surface area contributed by atoms with Crippen molar-refractivity contribution in [1.82, 2.24) is 4.72 Å². The van der Waals surface area contributed by atoms with E-state index in [9.17, 15) is 8.42 Å². The Kier molecular flexibility index (Phi) is 4.98. The maximum absolute atomic E-state index is 11.8. The molecule has 0 amide bonds. The van der Waals surface area contributed by atoms with E-state index in [2.05, 4.69) is 25.5 Å². The fourth-order valence-corrected chi connectivity index (χ4v) is 3.57. The van der Waals surface area contributed by atoms with Gasteiger partial charge in [0.25, 0.3) is 0 Å². The third kappa shape index (κ3) is 6.38. The molecule has 1 aliphatic rings. The lowest BCUT2D eigenvalue weighted by Crippen LogP contribution is -2.32. The molecule has 0 aromatic carbocycles. The van der Waals surface area contributed by atoms with E-state index >= 15 is 0 Å². The minimum absolute atomic E-state index is 0.0600. The molecule has 5 heteroatoms. The van der Waals surface area contributed by atoms with E-state index in [1.807, 2.05) is 0 Å². The first-order valence-corrected chi connectivity index (χ1v) is 8.06. The Morgan fingerprint density at radius 1 is 1.29 bits per heavy atom. The van der Waals surface area contributed by atoms with Crippen LogP contribution in [0.2, 0.25) is 0 Å². The third-order valence-electron chi connectivity index (χ3n) is 3.29. The van der Waals surface area contributed by atoms with Crippen molar-refractivity contribution < 1.29 is 8.42 Å². The van der Waals surface area contributed by atoms with Gasteiger partial charge in [-0.3, -0.25) is 0 Å². The summed E-state index contributed by atoms with van der Waals surface area (Å²) in [7, 11) is -3.11. The molecule has 17 heavy (non-hydrogen) atoms. The SMILES string of the molecule is CC(C)(C)CCS(=O)(=O)NCC1CCC(N)C1. The molecule has 102 valence electrons. The molecule has 3 N–H and O–H groups in total. The first-order chi connectivity index (χ1) is 7.68. The Hall–Kier alpha value is -0.130. The van der Waals surface area contributed by atoms with Gasteiger partial charge in [-0.05, 0) is 37.0 Å². The molecule has 0 saturated heterocycles. The van der Waals surface area contributed by atoms with E-state index in [0.717, 1.165) is 19.3 Å². The quantitative estimate of drug-likeness (QED) is 0.788. The summed E-state index contributed by atoms with van der Waals surface area (Å²) in [5, 5.41) is 0. The summed E-state index contributed by atoms with van der Waals surface area (Å²) in [6, 6.07) is 0.263. The van der Waals surface area contributed by atoms with Crippen molar-refractivity contribution in [3.05, 3.63) is 0 Å². The summed E-state index contributed by atoms with van der Waals surface area (Å²) in [4.78, 5) is 0. The smallest absolute Gasteiger partial charge is 0.211 e. The van der Waals surface area contributed by atoms with E-state index in [1.165, 1.54) is 0 Å². The zero-order valence-electron chi connectivity index (χ0n) is 11.2. The first-order valence-electron chi connectivity index (χ1n) is 6.41. The van der Waals surface area contributed by atoms with Crippen LogP contribution in [0.1, 0.15) is 46.5 Å². The topological polar surface area (TPSA) is 72.2 Å². The van der Waals surface area contributed by atoms with Gasteiger partial charge in [0.05, 0.1) is 5.75 Å². The van der Waals surface area contributed by atoms with Gasteiger partial charge in [0.1, 0.15) is 0 Å². The summed E-state index contributed by atoms with van der Waals surface area (Å²) in [6.45, 7) is 6.72. The van der Waals surface area contributed by atoms with Gasteiger partial charge in [0.15, 0.2) is 0 Å². The predicted octanol–water partition coefficient (Wildman–Crippen LogP) is 1.47. The Morgan fingerprint density at radius 3 is 2.41 bits per heavy atom. The zero-order valence-corrected chi connectivity index (χ0v) is 12.0. The van der Waals surface area contributed by atoms with Gasteiger partial charge in [-0.1, -0.05) is 20.8 Å². The molecule has 2 atom stereocenters. The van der Waals surface area contributed by atoms with Crippen LogP contribution in [0.25, 0.3) is 0 Å². The summed E-state index contributed by atoms with van der Waals surface area (Å²) in [5.41, 5.74) is 5.86. The number of sulfonamides is 1. The van der Waals surface area contributed by atoms with Crippen LogP contribution in [0.15, 0.2) is 0 Å².